The molecule has 0 aromatic heterocycles. The molecule has 2 aromatic carbocycles. The molecule has 0 heterocycles. The largest absolute Gasteiger partial charge is 0.483 e. The van der Waals surface area contributed by atoms with Crippen molar-refractivity contribution >= 4 is 5.78 Å². The number of carbonyl (C=O) groups is 1. The minimum Gasteiger partial charge on any atom is -0.483 e. The molecule has 1 atom stereocenters. The molecule has 3 heteroatoms. The lowest BCUT2D eigenvalue weighted by Gasteiger charge is -2.14. The Morgan fingerprint density at radius 1 is 1.10 bits per heavy atom. The number of carbonyl (C=O) groups excluding carboxylic acids is 1. The number of hydrogen-bond donors (Lipinski definition) is 1. The van der Waals surface area contributed by atoms with Gasteiger partial charge in [0.25, 0.3) is 0 Å². The van der Waals surface area contributed by atoms with E-state index in [0.717, 1.165) is 5.56 Å². The van der Waals surface area contributed by atoms with Crippen LogP contribution in [0.5, 0.6) is 5.75 Å². The van der Waals surface area contributed by atoms with E-state index in [0.29, 0.717) is 17.7 Å². The van der Waals surface area contributed by atoms with E-state index in [1.807, 2.05) is 42.5 Å². The zero-order valence-electron chi connectivity index (χ0n) is 11.5. The van der Waals surface area contributed by atoms with E-state index in [2.05, 4.69) is 0 Å². The highest BCUT2D eigenvalue weighted by atomic mass is 16.5. The van der Waals surface area contributed by atoms with Crippen LogP contribution in [0.1, 0.15) is 22.8 Å². The molecule has 0 spiro atoms. The van der Waals surface area contributed by atoms with Gasteiger partial charge in [-0.15, -0.1) is 0 Å². The van der Waals surface area contributed by atoms with Crippen molar-refractivity contribution in [2.45, 2.75) is 19.4 Å². The average Bonchev–Trinajstić information content (AvgIpc) is 2.49. The Morgan fingerprint density at radius 3 is 2.35 bits per heavy atom. The standard InChI is InChI=1S/C17H18O3/c1-13(17(19)15-5-3-2-4-6-15)20-16-9-7-14(8-10-16)11-12-18/h2-10,13,18H,11-12H2,1H3. The number of hydrogen-bond acceptors (Lipinski definition) is 3. The number of aliphatic hydroxyl groups excluding tert-OH is 1. The van der Waals surface area contributed by atoms with E-state index in [-0.39, 0.29) is 12.4 Å². The van der Waals surface area contributed by atoms with Gasteiger partial charge in [0.2, 0.25) is 5.78 Å². The summed E-state index contributed by atoms with van der Waals surface area (Å²) < 4.78 is 5.65. The lowest BCUT2D eigenvalue weighted by molar-refractivity contribution is 0.0818. The fourth-order valence-corrected chi connectivity index (χ4v) is 1.96. The highest BCUT2D eigenvalue weighted by Gasteiger charge is 2.16. The summed E-state index contributed by atoms with van der Waals surface area (Å²) in [5.41, 5.74) is 1.69. The van der Waals surface area contributed by atoms with Crippen LogP contribution in [0.4, 0.5) is 0 Å². The summed E-state index contributed by atoms with van der Waals surface area (Å²) in [6.45, 7) is 1.88. The SMILES string of the molecule is CC(Oc1ccc(CCO)cc1)C(=O)c1ccccc1. The second-order valence-corrected chi connectivity index (χ2v) is 4.61. The zero-order valence-corrected chi connectivity index (χ0v) is 11.5. The van der Waals surface area contributed by atoms with Crippen LogP contribution < -0.4 is 4.74 Å². The molecule has 1 unspecified atom stereocenters. The first-order chi connectivity index (χ1) is 9.70. The van der Waals surface area contributed by atoms with Gasteiger partial charge in [-0.3, -0.25) is 4.79 Å². The molecule has 0 aliphatic carbocycles. The van der Waals surface area contributed by atoms with Crippen LogP contribution in [0.25, 0.3) is 0 Å². The molecule has 0 aliphatic rings. The van der Waals surface area contributed by atoms with E-state index in [4.69, 9.17) is 9.84 Å². The first-order valence-corrected chi connectivity index (χ1v) is 6.66. The monoisotopic (exact) mass is 270 g/mol. The molecule has 2 aromatic rings. The number of ether oxygens (including phenoxy) is 1. The highest BCUT2D eigenvalue weighted by Crippen LogP contribution is 2.16. The maximum absolute atomic E-state index is 12.2. The van der Waals surface area contributed by atoms with Crippen LogP contribution in [0.3, 0.4) is 0 Å². The van der Waals surface area contributed by atoms with Gasteiger partial charge >= 0.3 is 0 Å². The van der Waals surface area contributed by atoms with Crippen molar-refractivity contribution < 1.29 is 14.6 Å². The molecule has 20 heavy (non-hydrogen) atoms. The van der Waals surface area contributed by atoms with Crippen LogP contribution in [-0.4, -0.2) is 23.6 Å². The van der Waals surface area contributed by atoms with E-state index in [1.54, 1.807) is 19.1 Å². The van der Waals surface area contributed by atoms with Crippen molar-refractivity contribution in [3.8, 4) is 5.75 Å². The van der Waals surface area contributed by atoms with Crippen molar-refractivity contribution in [2.75, 3.05) is 6.61 Å². The van der Waals surface area contributed by atoms with Crippen LogP contribution in [0.2, 0.25) is 0 Å². The minimum absolute atomic E-state index is 0.0370. The van der Waals surface area contributed by atoms with Gasteiger partial charge in [-0.05, 0) is 31.0 Å². The lowest BCUT2D eigenvalue weighted by Crippen LogP contribution is -2.23. The first kappa shape index (κ1) is 14.3. The van der Waals surface area contributed by atoms with Gasteiger partial charge in [0, 0.05) is 12.2 Å². The number of Topliss-reactive ketones (excluding diaryl/α,β-unsaturated/α-hetero) is 1. The third-order valence-corrected chi connectivity index (χ3v) is 3.06. The van der Waals surface area contributed by atoms with Gasteiger partial charge in [-0.1, -0.05) is 42.5 Å². The van der Waals surface area contributed by atoms with Crippen LogP contribution in [0, 0.1) is 0 Å². The van der Waals surface area contributed by atoms with Gasteiger partial charge in [0.1, 0.15) is 5.75 Å². The maximum Gasteiger partial charge on any atom is 0.202 e. The summed E-state index contributed by atoms with van der Waals surface area (Å²) in [5, 5.41) is 8.86. The Bertz CT molecular complexity index is 546. The molecule has 0 fully saturated rings. The molecule has 1 N–H and O–H groups in total. The second kappa shape index (κ2) is 6.87. The second-order valence-electron chi connectivity index (χ2n) is 4.61. The molecule has 0 amide bonds. The Kier molecular flexibility index (Phi) is 4.91. The highest BCUT2D eigenvalue weighted by molar-refractivity contribution is 5.99. The molecular weight excluding hydrogens is 252 g/mol. The van der Waals surface area contributed by atoms with Crippen LogP contribution in [-0.2, 0) is 6.42 Å². The molecule has 0 bridgehead atoms. The summed E-state index contributed by atoms with van der Waals surface area (Å²) in [5.74, 6) is 0.619. The van der Waals surface area contributed by atoms with Crippen molar-refractivity contribution in [2.24, 2.45) is 0 Å². The minimum atomic E-state index is -0.527. The molecule has 0 aliphatic heterocycles. The van der Waals surface area contributed by atoms with Crippen LogP contribution in [0.15, 0.2) is 54.6 Å². The Balaban J connectivity index is 2.00. The Morgan fingerprint density at radius 2 is 1.75 bits per heavy atom. The summed E-state index contributed by atoms with van der Waals surface area (Å²) in [6.07, 6.45) is 0.0970. The van der Waals surface area contributed by atoms with Gasteiger partial charge in [0.05, 0.1) is 0 Å². The molecule has 0 saturated carbocycles. The third-order valence-electron chi connectivity index (χ3n) is 3.06. The van der Waals surface area contributed by atoms with E-state index < -0.39 is 6.10 Å². The first-order valence-electron chi connectivity index (χ1n) is 6.66. The van der Waals surface area contributed by atoms with Gasteiger partial charge < -0.3 is 9.84 Å². The summed E-state index contributed by atoms with van der Waals surface area (Å²) in [6, 6.07) is 16.5. The number of aliphatic hydroxyl groups is 1. The Hall–Kier alpha value is -2.13. The molecule has 0 saturated heterocycles. The molecular formula is C17H18O3. The normalized spacial score (nSPS) is 11.9. The van der Waals surface area contributed by atoms with Crippen LogP contribution >= 0.6 is 0 Å². The lowest BCUT2D eigenvalue weighted by atomic mass is 10.1. The fourth-order valence-electron chi connectivity index (χ4n) is 1.96. The predicted molar refractivity (Wildman–Crippen MR) is 78.1 cm³/mol. The molecule has 2 rings (SSSR count). The third kappa shape index (κ3) is 3.68. The molecule has 0 radical (unpaired) electrons. The summed E-state index contributed by atoms with van der Waals surface area (Å²) >= 11 is 0. The van der Waals surface area contributed by atoms with Crippen molar-refractivity contribution in [3.05, 3.63) is 65.7 Å². The van der Waals surface area contributed by atoms with E-state index in [9.17, 15) is 4.79 Å². The van der Waals surface area contributed by atoms with Gasteiger partial charge in [-0.2, -0.15) is 0 Å². The number of ketones is 1. The van der Waals surface area contributed by atoms with Crippen molar-refractivity contribution in [1.29, 1.82) is 0 Å². The average molecular weight is 270 g/mol. The molecule has 104 valence electrons. The van der Waals surface area contributed by atoms with E-state index >= 15 is 0 Å². The zero-order chi connectivity index (χ0) is 14.4. The van der Waals surface area contributed by atoms with E-state index in [1.165, 1.54) is 0 Å². The maximum atomic E-state index is 12.2. The predicted octanol–water partition coefficient (Wildman–Crippen LogP) is 2.87. The quantitative estimate of drug-likeness (QED) is 0.821. The van der Waals surface area contributed by atoms with Gasteiger partial charge in [-0.25, -0.2) is 0 Å². The van der Waals surface area contributed by atoms with Crippen molar-refractivity contribution in [1.82, 2.24) is 0 Å². The smallest absolute Gasteiger partial charge is 0.202 e. The molecule has 3 nitrogen and oxygen atoms in total. The van der Waals surface area contributed by atoms with Crippen molar-refractivity contribution in [3.63, 3.8) is 0 Å². The topological polar surface area (TPSA) is 46.5 Å². The summed E-state index contributed by atoms with van der Waals surface area (Å²) in [4.78, 5) is 12.2. The van der Waals surface area contributed by atoms with Gasteiger partial charge in [0.15, 0.2) is 6.10 Å². The number of rotatable bonds is 6. The Labute approximate surface area is 118 Å². The summed E-state index contributed by atoms with van der Waals surface area (Å²) in [7, 11) is 0. The number of benzene rings is 2. The fraction of sp³-hybridized carbons (Fsp3) is 0.235.